The normalized spacial score (nSPS) is 9.58. The fourth-order valence-corrected chi connectivity index (χ4v) is 1.66. The van der Waals surface area contributed by atoms with E-state index in [0.717, 1.165) is 25.0 Å². The van der Waals surface area contributed by atoms with Gasteiger partial charge in [0.2, 0.25) is 5.91 Å². The zero-order valence-corrected chi connectivity index (χ0v) is 12.2. The Morgan fingerprint density at radius 1 is 1.26 bits per heavy atom. The number of hydrogen-bond donors (Lipinski definition) is 2. The first-order valence-electron chi connectivity index (χ1n) is 6.36. The van der Waals surface area contributed by atoms with E-state index in [-0.39, 0.29) is 18.3 Å². The summed E-state index contributed by atoms with van der Waals surface area (Å²) in [6.07, 6.45) is 3.18. The molecule has 0 aromatic heterocycles. The third-order valence-corrected chi connectivity index (χ3v) is 2.73. The first-order valence-corrected chi connectivity index (χ1v) is 6.36. The summed E-state index contributed by atoms with van der Waals surface area (Å²) >= 11 is 0. The van der Waals surface area contributed by atoms with E-state index in [4.69, 9.17) is 10.5 Å². The lowest BCUT2D eigenvalue weighted by molar-refractivity contribution is -0.121. The summed E-state index contributed by atoms with van der Waals surface area (Å²) in [5, 5.41) is 2.85. The summed E-state index contributed by atoms with van der Waals surface area (Å²) in [7, 11) is 1.65. The Morgan fingerprint density at radius 2 is 1.95 bits per heavy atom. The molecule has 0 radical (unpaired) electrons. The van der Waals surface area contributed by atoms with Crippen molar-refractivity contribution in [3.05, 3.63) is 29.8 Å². The zero-order valence-electron chi connectivity index (χ0n) is 11.4. The standard InChI is InChI=1S/C14H22N2O2.ClH/c1-18-13-8-6-12(7-9-13)4-2-5-14(17)16-11-3-10-15;/h6-9H,2-5,10-11,15H2,1H3,(H,16,17);1H. The van der Waals surface area contributed by atoms with Crippen molar-refractivity contribution in [3.63, 3.8) is 0 Å². The van der Waals surface area contributed by atoms with Gasteiger partial charge in [0.05, 0.1) is 7.11 Å². The Kier molecular flexibility index (Phi) is 9.94. The third kappa shape index (κ3) is 7.70. The van der Waals surface area contributed by atoms with Crippen LogP contribution in [0.4, 0.5) is 0 Å². The number of nitrogens with two attached hydrogens (primary N) is 1. The van der Waals surface area contributed by atoms with Crippen LogP contribution in [0.2, 0.25) is 0 Å². The van der Waals surface area contributed by atoms with E-state index in [2.05, 4.69) is 5.32 Å². The lowest BCUT2D eigenvalue weighted by atomic mass is 10.1. The van der Waals surface area contributed by atoms with Crippen molar-refractivity contribution in [1.82, 2.24) is 5.32 Å². The highest BCUT2D eigenvalue weighted by atomic mass is 35.5. The number of nitrogens with one attached hydrogen (secondary N) is 1. The van der Waals surface area contributed by atoms with Crippen molar-refractivity contribution in [1.29, 1.82) is 0 Å². The summed E-state index contributed by atoms with van der Waals surface area (Å²) < 4.78 is 5.09. The topological polar surface area (TPSA) is 64.3 Å². The van der Waals surface area contributed by atoms with Crippen molar-refractivity contribution in [2.75, 3.05) is 20.2 Å². The highest BCUT2D eigenvalue weighted by Gasteiger charge is 2.01. The molecule has 5 heteroatoms. The summed E-state index contributed by atoms with van der Waals surface area (Å²) in [5.41, 5.74) is 6.58. The Labute approximate surface area is 121 Å². The number of halogens is 1. The molecular formula is C14H23ClN2O2. The van der Waals surface area contributed by atoms with E-state index >= 15 is 0 Å². The van der Waals surface area contributed by atoms with Crippen LogP contribution in [0.3, 0.4) is 0 Å². The quantitative estimate of drug-likeness (QED) is 0.718. The van der Waals surface area contributed by atoms with Gasteiger partial charge >= 0.3 is 0 Å². The number of ether oxygens (including phenoxy) is 1. The second-order valence-corrected chi connectivity index (χ2v) is 4.19. The number of benzene rings is 1. The van der Waals surface area contributed by atoms with Crippen LogP contribution in [0.5, 0.6) is 5.75 Å². The molecule has 0 atom stereocenters. The van der Waals surface area contributed by atoms with Gasteiger partial charge in [0.25, 0.3) is 0 Å². The van der Waals surface area contributed by atoms with Crippen LogP contribution in [-0.4, -0.2) is 26.1 Å². The van der Waals surface area contributed by atoms with Gasteiger partial charge in [-0.3, -0.25) is 4.79 Å². The molecule has 1 rings (SSSR count). The lowest BCUT2D eigenvalue weighted by Gasteiger charge is -2.05. The van der Waals surface area contributed by atoms with Crippen LogP contribution in [0.1, 0.15) is 24.8 Å². The average molecular weight is 287 g/mol. The SMILES string of the molecule is COc1ccc(CCCC(=O)NCCCN)cc1.Cl. The molecule has 0 aliphatic carbocycles. The van der Waals surface area contributed by atoms with E-state index in [0.29, 0.717) is 19.5 Å². The van der Waals surface area contributed by atoms with Crippen LogP contribution in [0.25, 0.3) is 0 Å². The Morgan fingerprint density at radius 3 is 2.53 bits per heavy atom. The fraction of sp³-hybridized carbons (Fsp3) is 0.500. The lowest BCUT2D eigenvalue weighted by Crippen LogP contribution is -2.25. The predicted molar refractivity (Wildman–Crippen MR) is 79.9 cm³/mol. The molecule has 3 N–H and O–H groups in total. The molecule has 0 aliphatic rings. The minimum atomic E-state index is 0. The molecule has 0 fully saturated rings. The Hall–Kier alpha value is -1.26. The predicted octanol–water partition coefficient (Wildman–Crippen LogP) is 1.90. The first kappa shape index (κ1) is 17.7. The van der Waals surface area contributed by atoms with Crippen LogP contribution < -0.4 is 15.8 Å². The van der Waals surface area contributed by atoms with Gasteiger partial charge in [0.15, 0.2) is 0 Å². The number of rotatable bonds is 8. The minimum Gasteiger partial charge on any atom is -0.497 e. The van der Waals surface area contributed by atoms with Gasteiger partial charge in [0.1, 0.15) is 5.75 Å². The molecule has 4 nitrogen and oxygen atoms in total. The minimum absolute atomic E-state index is 0. The molecule has 0 saturated carbocycles. The molecule has 0 heterocycles. The van der Waals surface area contributed by atoms with Gasteiger partial charge in [-0.05, 0) is 43.5 Å². The van der Waals surface area contributed by atoms with Crippen molar-refractivity contribution in [3.8, 4) is 5.75 Å². The molecule has 1 aromatic rings. The van der Waals surface area contributed by atoms with E-state index in [1.54, 1.807) is 7.11 Å². The monoisotopic (exact) mass is 286 g/mol. The van der Waals surface area contributed by atoms with E-state index in [9.17, 15) is 4.79 Å². The van der Waals surface area contributed by atoms with Crippen molar-refractivity contribution in [2.45, 2.75) is 25.7 Å². The molecule has 0 unspecified atom stereocenters. The molecule has 1 aromatic carbocycles. The largest absolute Gasteiger partial charge is 0.497 e. The summed E-state index contributed by atoms with van der Waals surface area (Å²) in [6, 6.07) is 7.95. The molecule has 0 saturated heterocycles. The zero-order chi connectivity index (χ0) is 13.2. The molecule has 0 spiro atoms. The number of carbonyl (C=O) groups excluding carboxylic acids is 1. The van der Waals surface area contributed by atoms with Gasteiger partial charge in [-0.15, -0.1) is 12.4 Å². The maximum Gasteiger partial charge on any atom is 0.220 e. The second-order valence-electron chi connectivity index (χ2n) is 4.19. The Bertz CT molecular complexity index is 355. The smallest absolute Gasteiger partial charge is 0.220 e. The average Bonchev–Trinajstić information content (AvgIpc) is 2.40. The van der Waals surface area contributed by atoms with Gasteiger partial charge in [-0.1, -0.05) is 12.1 Å². The highest BCUT2D eigenvalue weighted by Crippen LogP contribution is 2.13. The fourth-order valence-electron chi connectivity index (χ4n) is 1.66. The highest BCUT2D eigenvalue weighted by molar-refractivity contribution is 5.85. The maximum atomic E-state index is 11.4. The molecule has 0 aliphatic heterocycles. The molecule has 19 heavy (non-hydrogen) atoms. The van der Waals surface area contributed by atoms with Gasteiger partial charge < -0.3 is 15.8 Å². The molecule has 108 valence electrons. The first-order chi connectivity index (χ1) is 8.76. The summed E-state index contributed by atoms with van der Waals surface area (Å²) in [5.74, 6) is 0.968. The van der Waals surface area contributed by atoms with E-state index in [1.165, 1.54) is 5.56 Å². The maximum absolute atomic E-state index is 11.4. The number of amides is 1. The van der Waals surface area contributed by atoms with E-state index in [1.807, 2.05) is 24.3 Å². The van der Waals surface area contributed by atoms with Crippen molar-refractivity contribution in [2.24, 2.45) is 5.73 Å². The number of carbonyl (C=O) groups is 1. The van der Waals surface area contributed by atoms with E-state index < -0.39 is 0 Å². The summed E-state index contributed by atoms with van der Waals surface area (Å²) in [4.78, 5) is 11.4. The number of aryl methyl sites for hydroxylation is 1. The van der Waals surface area contributed by atoms with Crippen LogP contribution in [0.15, 0.2) is 24.3 Å². The molecule has 0 bridgehead atoms. The van der Waals surface area contributed by atoms with Gasteiger partial charge in [-0.25, -0.2) is 0 Å². The molecular weight excluding hydrogens is 264 g/mol. The number of methoxy groups -OCH3 is 1. The summed E-state index contributed by atoms with van der Waals surface area (Å²) in [6.45, 7) is 1.30. The Balaban J connectivity index is 0.00000324. The van der Waals surface area contributed by atoms with Crippen LogP contribution in [0, 0.1) is 0 Å². The van der Waals surface area contributed by atoms with Crippen molar-refractivity contribution < 1.29 is 9.53 Å². The van der Waals surface area contributed by atoms with Gasteiger partial charge in [-0.2, -0.15) is 0 Å². The molecule has 1 amide bonds. The van der Waals surface area contributed by atoms with Gasteiger partial charge in [0, 0.05) is 13.0 Å². The third-order valence-electron chi connectivity index (χ3n) is 2.73. The second kappa shape index (κ2) is 10.6. The van der Waals surface area contributed by atoms with Crippen LogP contribution in [-0.2, 0) is 11.2 Å². The van der Waals surface area contributed by atoms with Crippen molar-refractivity contribution >= 4 is 18.3 Å². The number of hydrogen-bond acceptors (Lipinski definition) is 3. The van der Waals surface area contributed by atoms with Crippen LogP contribution >= 0.6 is 12.4 Å².